The van der Waals surface area contributed by atoms with Crippen molar-refractivity contribution in [2.75, 3.05) is 5.32 Å². The molecule has 0 aliphatic rings. The summed E-state index contributed by atoms with van der Waals surface area (Å²) in [6, 6.07) is 14.1. The lowest BCUT2D eigenvalue weighted by Gasteiger charge is -2.09. The molecule has 2 aromatic carbocycles. The lowest BCUT2D eigenvalue weighted by molar-refractivity contribution is 0.102. The molecule has 3 aromatic rings. The molecule has 122 valence electrons. The van der Waals surface area contributed by atoms with Gasteiger partial charge in [-0.15, -0.1) is 0 Å². The van der Waals surface area contributed by atoms with Crippen LogP contribution in [0.4, 0.5) is 5.69 Å². The largest absolute Gasteiger partial charge is 0.486 e. The molecule has 0 aliphatic carbocycles. The molecule has 0 saturated heterocycles. The zero-order valence-corrected chi connectivity index (χ0v) is 13.8. The quantitative estimate of drug-likeness (QED) is 0.765. The normalized spacial score (nSPS) is 10.4. The third-order valence-electron chi connectivity index (χ3n) is 3.52. The molecular weight excluding hydrogens is 326 g/mol. The van der Waals surface area contributed by atoms with Crippen molar-refractivity contribution >= 4 is 23.2 Å². The highest BCUT2D eigenvalue weighted by Gasteiger charge is 2.09. The van der Waals surface area contributed by atoms with Crippen LogP contribution < -0.4 is 10.1 Å². The SMILES string of the molecule is Cn1ccnc1COc1ccc(NC(=O)c2ccccc2Cl)cc1. The molecule has 1 heterocycles. The van der Waals surface area contributed by atoms with Crippen molar-refractivity contribution in [1.29, 1.82) is 0 Å². The molecule has 24 heavy (non-hydrogen) atoms. The van der Waals surface area contributed by atoms with E-state index in [0.29, 0.717) is 28.6 Å². The minimum Gasteiger partial charge on any atom is -0.486 e. The van der Waals surface area contributed by atoms with Gasteiger partial charge in [0, 0.05) is 25.1 Å². The number of anilines is 1. The van der Waals surface area contributed by atoms with Gasteiger partial charge in [-0.25, -0.2) is 4.98 Å². The standard InChI is InChI=1S/C18H16ClN3O2/c1-22-11-10-20-17(22)12-24-14-8-6-13(7-9-14)21-18(23)15-4-2-3-5-16(15)19/h2-11H,12H2,1H3,(H,21,23). The predicted octanol–water partition coefficient (Wildman–Crippen LogP) is 3.90. The minimum absolute atomic E-state index is 0.248. The van der Waals surface area contributed by atoms with Crippen LogP contribution in [0.2, 0.25) is 5.02 Å². The summed E-state index contributed by atoms with van der Waals surface area (Å²) < 4.78 is 7.58. The van der Waals surface area contributed by atoms with Crippen LogP contribution >= 0.6 is 11.6 Å². The van der Waals surface area contributed by atoms with Crippen LogP contribution in [0.1, 0.15) is 16.2 Å². The van der Waals surface area contributed by atoms with Crippen molar-refractivity contribution in [1.82, 2.24) is 9.55 Å². The molecule has 0 bridgehead atoms. The van der Waals surface area contributed by atoms with Crippen LogP contribution in [0.3, 0.4) is 0 Å². The molecule has 3 rings (SSSR count). The summed E-state index contributed by atoms with van der Waals surface area (Å²) in [5.41, 5.74) is 1.11. The molecule has 1 amide bonds. The summed E-state index contributed by atoms with van der Waals surface area (Å²) >= 11 is 6.02. The second kappa shape index (κ2) is 7.19. The van der Waals surface area contributed by atoms with E-state index in [4.69, 9.17) is 16.3 Å². The Morgan fingerprint density at radius 2 is 1.96 bits per heavy atom. The van der Waals surface area contributed by atoms with E-state index in [2.05, 4.69) is 10.3 Å². The number of nitrogens with zero attached hydrogens (tertiary/aromatic N) is 2. The first-order chi connectivity index (χ1) is 11.6. The summed E-state index contributed by atoms with van der Waals surface area (Å²) in [5, 5.41) is 3.23. The van der Waals surface area contributed by atoms with Gasteiger partial charge >= 0.3 is 0 Å². The monoisotopic (exact) mass is 341 g/mol. The van der Waals surface area contributed by atoms with E-state index in [1.165, 1.54) is 0 Å². The van der Waals surface area contributed by atoms with Crippen LogP contribution in [-0.4, -0.2) is 15.5 Å². The Labute approximate surface area is 144 Å². The Balaban J connectivity index is 1.61. The Hall–Kier alpha value is -2.79. The van der Waals surface area contributed by atoms with E-state index in [9.17, 15) is 4.79 Å². The molecule has 0 spiro atoms. The summed E-state index contributed by atoms with van der Waals surface area (Å²) in [6.45, 7) is 0.384. The maximum absolute atomic E-state index is 12.2. The molecule has 1 N–H and O–H groups in total. The zero-order chi connectivity index (χ0) is 16.9. The molecule has 5 nitrogen and oxygen atoms in total. The van der Waals surface area contributed by atoms with Gasteiger partial charge < -0.3 is 14.6 Å². The minimum atomic E-state index is -0.248. The van der Waals surface area contributed by atoms with Gasteiger partial charge in [-0.05, 0) is 36.4 Å². The van der Waals surface area contributed by atoms with Gasteiger partial charge in [0.1, 0.15) is 18.2 Å². The van der Waals surface area contributed by atoms with Crippen LogP contribution in [0, 0.1) is 0 Å². The molecule has 0 aliphatic heterocycles. The number of nitrogens with one attached hydrogen (secondary N) is 1. The van der Waals surface area contributed by atoms with Gasteiger partial charge in [-0.2, -0.15) is 0 Å². The highest BCUT2D eigenvalue weighted by Crippen LogP contribution is 2.20. The first-order valence-electron chi connectivity index (χ1n) is 7.38. The number of halogens is 1. The van der Waals surface area contributed by atoms with E-state index in [1.807, 2.05) is 17.8 Å². The number of ether oxygens (including phenoxy) is 1. The zero-order valence-electron chi connectivity index (χ0n) is 13.1. The fourth-order valence-electron chi connectivity index (χ4n) is 2.16. The number of hydrogen-bond acceptors (Lipinski definition) is 3. The van der Waals surface area contributed by atoms with Gasteiger partial charge in [0.15, 0.2) is 0 Å². The summed E-state index contributed by atoms with van der Waals surface area (Å²) in [6.07, 6.45) is 3.60. The number of aromatic nitrogens is 2. The molecule has 6 heteroatoms. The fraction of sp³-hybridized carbons (Fsp3) is 0.111. The Kier molecular flexibility index (Phi) is 4.82. The van der Waals surface area contributed by atoms with E-state index in [0.717, 1.165) is 5.82 Å². The second-order valence-corrected chi connectivity index (χ2v) is 5.61. The van der Waals surface area contributed by atoms with Crippen LogP contribution in [-0.2, 0) is 13.7 Å². The maximum atomic E-state index is 12.2. The fourth-order valence-corrected chi connectivity index (χ4v) is 2.38. The van der Waals surface area contributed by atoms with Crippen molar-refractivity contribution in [2.24, 2.45) is 7.05 Å². The highest BCUT2D eigenvalue weighted by atomic mass is 35.5. The smallest absolute Gasteiger partial charge is 0.257 e. The third-order valence-corrected chi connectivity index (χ3v) is 3.85. The van der Waals surface area contributed by atoms with E-state index in [-0.39, 0.29) is 5.91 Å². The Morgan fingerprint density at radius 1 is 1.21 bits per heavy atom. The highest BCUT2D eigenvalue weighted by molar-refractivity contribution is 6.34. The Morgan fingerprint density at radius 3 is 2.62 bits per heavy atom. The number of aryl methyl sites for hydroxylation is 1. The third kappa shape index (κ3) is 3.75. The molecule has 0 saturated carbocycles. The average Bonchev–Trinajstić information content (AvgIpc) is 2.99. The van der Waals surface area contributed by atoms with Crippen molar-refractivity contribution in [3.05, 3.63) is 77.3 Å². The number of hydrogen-bond donors (Lipinski definition) is 1. The van der Waals surface area contributed by atoms with Crippen LogP contribution in [0.25, 0.3) is 0 Å². The van der Waals surface area contributed by atoms with E-state index in [1.54, 1.807) is 54.7 Å². The predicted molar refractivity (Wildman–Crippen MR) is 93.4 cm³/mol. The number of rotatable bonds is 5. The average molecular weight is 342 g/mol. The molecule has 0 fully saturated rings. The van der Waals surface area contributed by atoms with Gasteiger partial charge in [-0.1, -0.05) is 23.7 Å². The lowest BCUT2D eigenvalue weighted by Crippen LogP contribution is -2.12. The summed E-state index contributed by atoms with van der Waals surface area (Å²) in [7, 11) is 1.92. The second-order valence-electron chi connectivity index (χ2n) is 5.20. The van der Waals surface area contributed by atoms with Crippen molar-refractivity contribution < 1.29 is 9.53 Å². The molecule has 0 unspecified atom stereocenters. The van der Waals surface area contributed by atoms with Gasteiger partial charge in [0.05, 0.1) is 10.6 Å². The summed E-state index contributed by atoms with van der Waals surface area (Å²) in [4.78, 5) is 16.4. The first kappa shape index (κ1) is 16.1. The van der Waals surface area contributed by atoms with Crippen LogP contribution in [0.5, 0.6) is 5.75 Å². The Bertz CT molecular complexity index is 843. The van der Waals surface area contributed by atoms with Crippen LogP contribution in [0.15, 0.2) is 60.9 Å². The van der Waals surface area contributed by atoms with E-state index >= 15 is 0 Å². The van der Waals surface area contributed by atoms with Gasteiger partial charge in [0.2, 0.25) is 0 Å². The molecule has 0 radical (unpaired) electrons. The number of benzene rings is 2. The van der Waals surface area contributed by atoms with Crippen molar-refractivity contribution in [3.63, 3.8) is 0 Å². The first-order valence-corrected chi connectivity index (χ1v) is 7.76. The van der Waals surface area contributed by atoms with Gasteiger partial charge in [-0.3, -0.25) is 4.79 Å². The van der Waals surface area contributed by atoms with Crippen molar-refractivity contribution in [2.45, 2.75) is 6.61 Å². The topological polar surface area (TPSA) is 56.1 Å². The number of carbonyl (C=O) groups is 1. The number of imidazole rings is 1. The maximum Gasteiger partial charge on any atom is 0.257 e. The summed E-state index contributed by atoms with van der Waals surface area (Å²) in [5.74, 6) is 1.29. The number of amides is 1. The van der Waals surface area contributed by atoms with Crippen molar-refractivity contribution in [3.8, 4) is 5.75 Å². The molecular formula is C18H16ClN3O2. The lowest BCUT2D eigenvalue weighted by atomic mass is 10.2. The van der Waals surface area contributed by atoms with E-state index < -0.39 is 0 Å². The number of carbonyl (C=O) groups excluding carboxylic acids is 1. The van der Waals surface area contributed by atoms with Gasteiger partial charge in [0.25, 0.3) is 5.91 Å². The molecule has 0 atom stereocenters. The molecule has 1 aromatic heterocycles.